The zero-order valence-electron chi connectivity index (χ0n) is 11.8. The smallest absolute Gasteiger partial charge is 0.219 e. The zero-order chi connectivity index (χ0) is 14.7. The van der Waals surface area contributed by atoms with Crippen LogP contribution in [0.25, 0.3) is 0 Å². The molecule has 0 unspecified atom stereocenters. The molecule has 1 heterocycles. The molecular weight excluding hydrogens is 293 g/mol. The monoisotopic (exact) mass is 309 g/mol. The fourth-order valence-electron chi connectivity index (χ4n) is 1.92. The normalized spacial score (nSPS) is 10.9. The average Bonchev–Trinajstić information content (AvgIpc) is 2.41. The molecule has 0 aliphatic rings. The molecule has 0 aliphatic carbocycles. The largest absolute Gasteiger partial charge is 0.439 e. The molecule has 2 nitrogen and oxygen atoms in total. The molecule has 0 radical (unpaired) electrons. The van der Waals surface area contributed by atoms with Crippen molar-refractivity contribution in [3.8, 4) is 11.6 Å². The predicted octanol–water partition coefficient (Wildman–Crippen LogP) is 5.70. The second-order valence-electron chi connectivity index (χ2n) is 5.03. The number of rotatable bonds is 4. The Labute approximate surface area is 129 Å². The third kappa shape index (κ3) is 3.44. The van der Waals surface area contributed by atoms with Crippen molar-refractivity contribution < 1.29 is 4.74 Å². The number of alkyl halides is 1. The number of halogens is 2. The van der Waals surface area contributed by atoms with E-state index in [0.29, 0.717) is 17.7 Å². The van der Waals surface area contributed by atoms with E-state index in [2.05, 4.69) is 18.8 Å². The Morgan fingerprint density at radius 2 is 2.00 bits per heavy atom. The molecule has 2 aromatic rings. The molecule has 0 N–H and O–H groups in total. The molecule has 0 amide bonds. The van der Waals surface area contributed by atoms with E-state index in [4.69, 9.17) is 27.9 Å². The van der Waals surface area contributed by atoms with Crippen molar-refractivity contribution in [3.63, 3.8) is 0 Å². The summed E-state index contributed by atoms with van der Waals surface area (Å²) in [6.07, 6.45) is 1.70. The van der Waals surface area contributed by atoms with Gasteiger partial charge in [0.05, 0.1) is 0 Å². The van der Waals surface area contributed by atoms with Crippen LogP contribution in [-0.2, 0) is 5.88 Å². The maximum atomic E-state index is 6.26. The standard InChI is InChI=1S/C16H17Cl2NO/c1-10(2)13-8-15(11(3)6-14(13)18)20-16-7-12(9-17)4-5-19-16/h4-8,10H,9H2,1-3H3. The quantitative estimate of drug-likeness (QED) is 0.676. The maximum Gasteiger partial charge on any atom is 0.219 e. The van der Waals surface area contributed by atoms with Crippen molar-refractivity contribution in [2.45, 2.75) is 32.6 Å². The van der Waals surface area contributed by atoms with Gasteiger partial charge < -0.3 is 4.74 Å². The van der Waals surface area contributed by atoms with Gasteiger partial charge >= 0.3 is 0 Å². The minimum absolute atomic E-state index is 0.340. The summed E-state index contributed by atoms with van der Waals surface area (Å²) in [5.74, 6) is 2.10. The Morgan fingerprint density at radius 1 is 1.25 bits per heavy atom. The maximum absolute atomic E-state index is 6.26. The van der Waals surface area contributed by atoms with Gasteiger partial charge in [-0.15, -0.1) is 11.6 Å². The summed E-state index contributed by atoms with van der Waals surface area (Å²) in [5, 5.41) is 0.771. The van der Waals surface area contributed by atoms with Crippen LogP contribution in [0.3, 0.4) is 0 Å². The molecule has 0 fully saturated rings. The minimum Gasteiger partial charge on any atom is -0.439 e. The Morgan fingerprint density at radius 3 is 2.65 bits per heavy atom. The first-order valence-electron chi connectivity index (χ1n) is 6.50. The van der Waals surface area contributed by atoms with E-state index >= 15 is 0 Å². The van der Waals surface area contributed by atoms with Gasteiger partial charge in [-0.1, -0.05) is 25.4 Å². The molecule has 0 saturated heterocycles. The lowest BCUT2D eigenvalue weighted by Crippen LogP contribution is -1.95. The molecule has 0 aliphatic heterocycles. The third-order valence-electron chi connectivity index (χ3n) is 3.08. The van der Waals surface area contributed by atoms with E-state index in [9.17, 15) is 0 Å². The summed E-state index contributed by atoms with van der Waals surface area (Å²) in [4.78, 5) is 4.21. The highest BCUT2D eigenvalue weighted by Crippen LogP contribution is 2.33. The van der Waals surface area contributed by atoms with E-state index in [-0.39, 0.29) is 0 Å². The summed E-state index contributed by atoms with van der Waals surface area (Å²) in [6, 6.07) is 7.62. The highest BCUT2D eigenvalue weighted by atomic mass is 35.5. The Bertz CT molecular complexity index is 611. The van der Waals surface area contributed by atoms with Gasteiger partial charge in [0.25, 0.3) is 0 Å². The fraction of sp³-hybridized carbons (Fsp3) is 0.312. The van der Waals surface area contributed by atoms with Crippen LogP contribution in [0, 0.1) is 6.92 Å². The molecule has 1 aromatic carbocycles. The number of benzene rings is 1. The summed E-state index contributed by atoms with van der Waals surface area (Å²) in [7, 11) is 0. The van der Waals surface area contributed by atoms with Crippen LogP contribution in [0.4, 0.5) is 0 Å². The summed E-state index contributed by atoms with van der Waals surface area (Å²) >= 11 is 12.1. The molecule has 4 heteroatoms. The van der Waals surface area contributed by atoms with Gasteiger partial charge in [0.1, 0.15) is 5.75 Å². The Kier molecular flexibility index (Phi) is 4.90. The van der Waals surface area contributed by atoms with Gasteiger partial charge in [-0.25, -0.2) is 4.98 Å². The molecule has 2 rings (SSSR count). The lowest BCUT2D eigenvalue weighted by atomic mass is 10.0. The van der Waals surface area contributed by atoms with Crippen molar-refractivity contribution in [1.82, 2.24) is 4.98 Å². The molecule has 0 saturated carbocycles. The van der Waals surface area contributed by atoms with Gasteiger partial charge in [0, 0.05) is 23.2 Å². The minimum atomic E-state index is 0.340. The third-order valence-corrected chi connectivity index (χ3v) is 3.72. The van der Waals surface area contributed by atoms with Crippen molar-refractivity contribution in [2.75, 3.05) is 0 Å². The molecule has 0 bridgehead atoms. The lowest BCUT2D eigenvalue weighted by molar-refractivity contribution is 0.458. The summed E-state index contributed by atoms with van der Waals surface area (Å²) in [5.41, 5.74) is 3.03. The first-order valence-corrected chi connectivity index (χ1v) is 7.41. The van der Waals surface area contributed by atoms with Gasteiger partial charge in [-0.3, -0.25) is 0 Å². The Hall–Kier alpha value is -1.25. The van der Waals surface area contributed by atoms with E-state index in [0.717, 1.165) is 27.5 Å². The molecule has 0 atom stereocenters. The number of pyridine rings is 1. The zero-order valence-corrected chi connectivity index (χ0v) is 13.3. The number of hydrogen-bond donors (Lipinski definition) is 0. The topological polar surface area (TPSA) is 22.1 Å². The van der Waals surface area contributed by atoms with Crippen molar-refractivity contribution in [3.05, 3.63) is 52.2 Å². The highest BCUT2D eigenvalue weighted by molar-refractivity contribution is 6.31. The number of aryl methyl sites for hydroxylation is 1. The second-order valence-corrected chi connectivity index (χ2v) is 5.71. The summed E-state index contributed by atoms with van der Waals surface area (Å²) < 4.78 is 5.87. The van der Waals surface area contributed by atoms with E-state index in [1.165, 1.54) is 0 Å². The van der Waals surface area contributed by atoms with E-state index < -0.39 is 0 Å². The van der Waals surface area contributed by atoms with Crippen molar-refractivity contribution >= 4 is 23.2 Å². The molecule has 1 aromatic heterocycles. The van der Waals surface area contributed by atoms with Crippen LogP contribution in [0.15, 0.2) is 30.5 Å². The first-order chi connectivity index (χ1) is 9.51. The first kappa shape index (κ1) is 15.1. The Balaban J connectivity index is 2.35. The van der Waals surface area contributed by atoms with Gasteiger partial charge in [-0.05, 0) is 47.7 Å². The van der Waals surface area contributed by atoms with Crippen molar-refractivity contribution in [1.29, 1.82) is 0 Å². The van der Waals surface area contributed by atoms with Crippen LogP contribution < -0.4 is 4.74 Å². The van der Waals surface area contributed by atoms with Crippen LogP contribution in [0.2, 0.25) is 5.02 Å². The molecular formula is C16H17Cl2NO. The molecule has 20 heavy (non-hydrogen) atoms. The van der Waals surface area contributed by atoms with Crippen LogP contribution in [0.1, 0.15) is 36.5 Å². The van der Waals surface area contributed by atoms with Gasteiger partial charge in [0.2, 0.25) is 5.88 Å². The van der Waals surface area contributed by atoms with Crippen LogP contribution in [-0.4, -0.2) is 4.98 Å². The van der Waals surface area contributed by atoms with Gasteiger partial charge in [0.15, 0.2) is 0 Å². The number of hydrogen-bond acceptors (Lipinski definition) is 2. The molecule has 0 spiro atoms. The second kappa shape index (κ2) is 6.47. The van der Waals surface area contributed by atoms with E-state index in [1.807, 2.05) is 31.2 Å². The molecule has 106 valence electrons. The lowest BCUT2D eigenvalue weighted by Gasteiger charge is -2.14. The summed E-state index contributed by atoms with van der Waals surface area (Å²) in [6.45, 7) is 6.18. The van der Waals surface area contributed by atoms with Crippen LogP contribution in [0.5, 0.6) is 11.6 Å². The van der Waals surface area contributed by atoms with Crippen molar-refractivity contribution in [2.24, 2.45) is 0 Å². The average molecular weight is 310 g/mol. The SMILES string of the molecule is Cc1cc(Cl)c(C(C)C)cc1Oc1cc(CCl)ccn1. The number of ether oxygens (including phenoxy) is 1. The van der Waals surface area contributed by atoms with Crippen LogP contribution >= 0.6 is 23.2 Å². The number of nitrogens with zero attached hydrogens (tertiary/aromatic N) is 1. The highest BCUT2D eigenvalue weighted by Gasteiger charge is 2.11. The van der Waals surface area contributed by atoms with Gasteiger partial charge in [-0.2, -0.15) is 0 Å². The van der Waals surface area contributed by atoms with E-state index in [1.54, 1.807) is 6.20 Å². The number of aromatic nitrogens is 1. The predicted molar refractivity (Wildman–Crippen MR) is 84.1 cm³/mol. The fourth-order valence-corrected chi connectivity index (χ4v) is 2.53.